The molecule has 5 nitrogen and oxygen atoms in total. The van der Waals surface area contributed by atoms with Crippen LogP contribution in [0, 0.1) is 0 Å². The molecule has 0 bridgehead atoms. The van der Waals surface area contributed by atoms with E-state index in [-0.39, 0.29) is 0 Å². The third-order valence-electron chi connectivity index (χ3n) is 4.12. The van der Waals surface area contributed by atoms with Crippen LogP contribution in [0.15, 0.2) is 12.3 Å². The van der Waals surface area contributed by atoms with E-state index in [1.807, 2.05) is 6.07 Å². The lowest BCUT2D eigenvalue weighted by molar-refractivity contribution is 0.260. The van der Waals surface area contributed by atoms with Crippen LogP contribution in [0.1, 0.15) is 24.8 Å². The van der Waals surface area contributed by atoms with Gasteiger partial charge in [-0.2, -0.15) is 5.10 Å². The molecule has 1 unspecified atom stereocenters. The predicted octanol–water partition coefficient (Wildman–Crippen LogP) is 0.610. The van der Waals surface area contributed by atoms with E-state index < -0.39 is 0 Å². The molecule has 0 aromatic carbocycles. The summed E-state index contributed by atoms with van der Waals surface area (Å²) >= 11 is 0. The second kappa shape index (κ2) is 5.20. The second-order valence-corrected chi connectivity index (χ2v) is 5.22. The highest BCUT2D eigenvalue weighted by molar-refractivity contribution is 5.46. The van der Waals surface area contributed by atoms with Crippen LogP contribution in [0.5, 0.6) is 0 Å². The molecule has 5 heteroatoms. The summed E-state index contributed by atoms with van der Waals surface area (Å²) in [6.45, 7) is 5.22. The molecule has 2 aliphatic rings. The van der Waals surface area contributed by atoms with Crippen molar-refractivity contribution in [3.63, 3.8) is 0 Å². The second-order valence-electron chi connectivity index (χ2n) is 5.22. The van der Waals surface area contributed by atoms with E-state index in [1.165, 1.54) is 32.4 Å². The first-order chi connectivity index (χ1) is 8.88. The van der Waals surface area contributed by atoms with Crippen LogP contribution in [-0.4, -0.2) is 47.3 Å². The molecule has 3 heterocycles. The van der Waals surface area contributed by atoms with Crippen LogP contribution < -0.4 is 10.6 Å². The Kier molecular flexibility index (Phi) is 3.43. The molecule has 18 heavy (non-hydrogen) atoms. The van der Waals surface area contributed by atoms with Crippen molar-refractivity contribution in [2.45, 2.75) is 31.8 Å². The van der Waals surface area contributed by atoms with Gasteiger partial charge in [0.15, 0.2) is 5.82 Å². The zero-order valence-corrected chi connectivity index (χ0v) is 10.8. The summed E-state index contributed by atoms with van der Waals surface area (Å²) in [6, 6.07) is 2.67. The Morgan fingerprint density at radius 3 is 2.89 bits per heavy atom. The molecular formula is C13H21N5. The number of nitrogens with two attached hydrogens (primary N) is 1. The van der Waals surface area contributed by atoms with Gasteiger partial charge in [-0.25, -0.2) is 0 Å². The average Bonchev–Trinajstić information content (AvgIpc) is 3.09. The molecular weight excluding hydrogens is 226 g/mol. The number of nitrogens with zero attached hydrogens (tertiary/aromatic N) is 4. The van der Waals surface area contributed by atoms with E-state index in [0.29, 0.717) is 12.6 Å². The van der Waals surface area contributed by atoms with Crippen molar-refractivity contribution >= 4 is 5.82 Å². The Morgan fingerprint density at radius 1 is 1.28 bits per heavy atom. The number of likely N-dealkylation sites (tertiary alicyclic amines) is 1. The maximum absolute atomic E-state index is 5.77. The minimum Gasteiger partial charge on any atom is -0.353 e. The van der Waals surface area contributed by atoms with Crippen LogP contribution in [0.4, 0.5) is 5.82 Å². The van der Waals surface area contributed by atoms with Crippen LogP contribution in [-0.2, 0) is 6.54 Å². The van der Waals surface area contributed by atoms with Crippen molar-refractivity contribution in [1.29, 1.82) is 0 Å². The van der Waals surface area contributed by atoms with Crippen molar-refractivity contribution in [1.82, 2.24) is 15.1 Å². The highest BCUT2D eigenvalue weighted by Crippen LogP contribution is 2.25. The Labute approximate surface area is 108 Å². The topological polar surface area (TPSA) is 58.3 Å². The number of aromatic nitrogens is 2. The van der Waals surface area contributed by atoms with Gasteiger partial charge < -0.3 is 10.6 Å². The Balaban J connectivity index is 1.71. The lowest BCUT2D eigenvalue weighted by Gasteiger charge is -2.24. The van der Waals surface area contributed by atoms with Gasteiger partial charge in [0, 0.05) is 31.2 Å². The Bertz CT molecular complexity index is 402. The summed E-state index contributed by atoms with van der Waals surface area (Å²) in [5.74, 6) is 0.988. The van der Waals surface area contributed by atoms with E-state index in [1.54, 1.807) is 6.20 Å². The van der Waals surface area contributed by atoms with Crippen LogP contribution in [0.3, 0.4) is 0 Å². The molecule has 1 aromatic heterocycles. The molecule has 0 amide bonds. The molecule has 0 radical (unpaired) electrons. The largest absolute Gasteiger partial charge is 0.353 e. The maximum Gasteiger partial charge on any atom is 0.155 e. The van der Waals surface area contributed by atoms with E-state index in [0.717, 1.165) is 24.5 Å². The molecule has 2 N–H and O–H groups in total. The Hall–Kier alpha value is -1.20. The number of anilines is 1. The van der Waals surface area contributed by atoms with Gasteiger partial charge in [-0.05, 0) is 38.4 Å². The number of rotatable bonds is 3. The van der Waals surface area contributed by atoms with Gasteiger partial charge in [0.25, 0.3) is 0 Å². The summed E-state index contributed by atoms with van der Waals surface area (Å²) in [4.78, 5) is 4.97. The minimum absolute atomic E-state index is 0.537. The molecule has 1 aromatic rings. The fourth-order valence-electron chi connectivity index (χ4n) is 3.11. The van der Waals surface area contributed by atoms with Crippen molar-refractivity contribution < 1.29 is 0 Å². The van der Waals surface area contributed by atoms with E-state index in [9.17, 15) is 0 Å². The van der Waals surface area contributed by atoms with Gasteiger partial charge in [-0.15, -0.1) is 5.10 Å². The molecule has 0 aliphatic carbocycles. The molecule has 0 spiro atoms. The van der Waals surface area contributed by atoms with E-state index in [2.05, 4.69) is 20.0 Å². The van der Waals surface area contributed by atoms with E-state index in [4.69, 9.17) is 5.73 Å². The van der Waals surface area contributed by atoms with Gasteiger partial charge in [-0.1, -0.05) is 0 Å². The summed E-state index contributed by atoms with van der Waals surface area (Å²) in [5, 5.41) is 8.27. The van der Waals surface area contributed by atoms with Gasteiger partial charge in [0.05, 0.1) is 6.20 Å². The summed E-state index contributed by atoms with van der Waals surface area (Å²) in [7, 11) is 0. The molecule has 2 saturated heterocycles. The zero-order chi connectivity index (χ0) is 12.4. The smallest absolute Gasteiger partial charge is 0.155 e. The van der Waals surface area contributed by atoms with E-state index >= 15 is 0 Å². The molecule has 0 saturated carbocycles. The van der Waals surface area contributed by atoms with Gasteiger partial charge in [0.1, 0.15) is 0 Å². The highest BCUT2D eigenvalue weighted by atomic mass is 15.3. The lowest BCUT2D eigenvalue weighted by atomic mass is 10.2. The van der Waals surface area contributed by atoms with Gasteiger partial charge >= 0.3 is 0 Å². The monoisotopic (exact) mass is 247 g/mol. The predicted molar refractivity (Wildman–Crippen MR) is 71.3 cm³/mol. The number of hydrogen-bond acceptors (Lipinski definition) is 5. The van der Waals surface area contributed by atoms with Gasteiger partial charge in [0.2, 0.25) is 0 Å². The third-order valence-corrected chi connectivity index (χ3v) is 4.12. The standard InChI is InChI=1S/C13H21N5/c14-9-11-3-5-15-16-13(11)18-8-4-12(10-18)17-6-1-2-7-17/h3,5,12H,1-2,4,6-10,14H2. The van der Waals surface area contributed by atoms with Crippen LogP contribution in [0.2, 0.25) is 0 Å². The first-order valence-electron chi connectivity index (χ1n) is 6.88. The molecule has 1 atom stereocenters. The molecule has 2 aliphatic heterocycles. The highest BCUT2D eigenvalue weighted by Gasteiger charge is 2.30. The minimum atomic E-state index is 0.537. The van der Waals surface area contributed by atoms with Gasteiger partial charge in [-0.3, -0.25) is 4.90 Å². The fraction of sp³-hybridized carbons (Fsp3) is 0.692. The summed E-state index contributed by atoms with van der Waals surface area (Å²) < 4.78 is 0. The molecule has 3 rings (SSSR count). The lowest BCUT2D eigenvalue weighted by Crippen LogP contribution is -2.35. The van der Waals surface area contributed by atoms with Crippen molar-refractivity contribution in [3.8, 4) is 0 Å². The molecule has 2 fully saturated rings. The van der Waals surface area contributed by atoms with Crippen molar-refractivity contribution in [3.05, 3.63) is 17.8 Å². The first-order valence-corrected chi connectivity index (χ1v) is 6.88. The summed E-state index contributed by atoms with van der Waals surface area (Å²) in [5.41, 5.74) is 6.87. The number of hydrogen-bond donors (Lipinski definition) is 1. The van der Waals surface area contributed by atoms with Crippen LogP contribution >= 0.6 is 0 Å². The zero-order valence-electron chi connectivity index (χ0n) is 10.8. The van der Waals surface area contributed by atoms with Crippen molar-refractivity contribution in [2.75, 3.05) is 31.1 Å². The average molecular weight is 247 g/mol. The summed E-state index contributed by atoms with van der Waals surface area (Å²) in [6.07, 6.45) is 5.67. The first kappa shape index (κ1) is 11.9. The SMILES string of the molecule is NCc1ccnnc1N1CCC(N2CCCC2)C1. The van der Waals surface area contributed by atoms with Crippen molar-refractivity contribution in [2.24, 2.45) is 5.73 Å². The fourth-order valence-corrected chi connectivity index (χ4v) is 3.11. The quantitative estimate of drug-likeness (QED) is 0.848. The Morgan fingerprint density at radius 2 is 2.11 bits per heavy atom. The maximum atomic E-state index is 5.77. The normalized spacial score (nSPS) is 24.9. The molecule has 98 valence electrons. The van der Waals surface area contributed by atoms with Crippen LogP contribution in [0.25, 0.3) is 0 Å². The third kappa shape index (κ3) is 2.20.